The molecule has 0 aliphatic carbocycles. The standard InChI is InChI=1S/C24H19FINO5/c1-31-21-13-15(11-19(26)22(21)32-14-17-9-5-6-10-18(17)25)12-20(24(29)30)27-23(28)16-7-3-2-4-8-16/h2-13H,14H2,1H3,(H,27,28)(H,29,30). The van der Waals surface area contributed by atoms with Crippen LogP contribution >= 0.6 is 22.6 Å². The van der Waals surface area contributed by atoms with Crippen LogP contribution in [0.4, 0.5) is 4.39 Å². The van der Waals surface area contributed by atoms with Gasteiger partial charge in [0.15, 0.2) is 11.5 Å². The van der Waals surface area contributed by atoms with E-state index in [1.165, 1.54) is 19.3 Å². The minimum atomic E-state index is -1.29. The molecule has 0 spiro atoms. The number of nitrogens with one attached hydrogen (secondary N) is 1. The Hall–Kier alpha value is -3.40. The van der Waals surface area contributed by atoms with Gasteiger partial charge in [0.05, 0.1) is 10.7 Å². The fourth-order valence-electron chi connectivity index (χ4n) is 2.83. The van der Waals surface area contributed by atoms with Crippen LogP contribution in [-0.2, 0) is 11.4 Å². The van der Waals surface area contributed by atoms with Crippen molar-refractivity contribution >= 4 is 40.5 Å². The SMILES string of the molecule is COc1cc(C=C(NC(=O)c2ccccc2)C(=O)O)cc(I)c1OCc1ccccc1F. The van der Waals surface area contributed by atoms with Crippen molar-refractivity contribution in [1.29, 1.82) is 0 Å². The molecule has 3 aromatic carbocycles. The molecule has 164 valence electrons. The minimum Gasteiger partial charge on any atom is -0.493 e. The van der Waals surface area contributed by atoms with E-state index in [0.29, 0.717) is 31.8 Å². The van der Waals surface area contributed by atoms with Gasteiger partial charge in [0.25, 0.3) is 5.91 Å². The van der Waals surface area contributed by atoms with Gasteiger partial charge in [-0.25, -0.2) is 9.18 Å². The maximum atomic E-state index is 13.9. The molecular formula is C24H19FINO5. The fraction of sp³-hybridized carbons (Fsp3) is 0.0833. The maximum Gasteiger partial charge on any atom is 0.352 e. The number of hydrogen-bond donors (Lipinski definition) is 2. The minimum absolute atomic E-state index is 0.00172. The summed E-state index contributed by atoms with van der Waals surface area (Å²) in [7, 11) is 1.45. The van der Waals surface area contributed by atoms with Gasteiger partial charge in [0.2, 0.25) is 0 Å². The number of methoxy groups -OCH3 is 1. The second-order valence-corrected chi connectivity index (χ2v) is 7.76. The van der Waals surface area contributed by atoms with E-state index in [2.05, 4.69) is 5.32 Å². The Morgan fingerprint density at radius 1 is 1.09 bits per heavy atom. The highest BCUT2D eigenvalue weighted by Gasteiger charge is 2.16. The van der Waals surface area contributed by atoms with Gasteiger partial charge in [-0.3, -0.25) is 4.79 Å². The van der Waals surface area contributed by atoms with E-state index in [1.54, 1.807) is 60.7 Å². The first-order chi connectivity index (χ1) is 15.4. The summed E-state index contributed by atoms with van der Waals surface area (Å²) in [6, 6.07) is 17.9. The number of carboxylic acids is 1. The molecule has 0 atom stereocenters. The molecule has 0 radical (unpaired) electrons. The molecular weight excluding hydrogens is 528 g/mol. The predicted molar refractivity (Wildman–Crippen MR) is 126 cm³/mol. The Bertz CT molecular complexity index is 1160. The van der Waals surface area contributed by atoms with Crippen LogP contribution in [0.2, 0.25) is 0 Å². The van der Waals surface area contributed by atoms with Crippen LogP contribution in [0, 0.1) is 9.39 Å². The lowest BCUT2D eigenvalue weighted by Crippen LogP contribution is -2.27. The Morgan fingerprint density at radius 2 is 1.78 bits per heavy atom. The largest absolute Gasteiger partial charge is 0.493 e. The Morgan fingerprint density at radius 3 is 2.44 bits per heavy atom. The first kappa shape index (κ1) is 23.3. The Labute approximate surface area is 197 Å². The number of carbonyl (C=O) groups excluding carboxylic acids is 1. The lowest BCUT2D eigenvalue weighted by atomic mass is 10.1. The highest BCUT2D eigenvalue weighted by molar-refractivity contribution is 14.1. The molecule has 0 aliphatic heterocycles. The molecule has 0 bridgehead atoms. The summed E-state index contributed by atoms with van der Waals surface area (Å²) in [5.41, 5.74) is 0.918. The quantitative estimate of drug-likeness (QED) is 0.311. The molecule has 32 heavy (non-hydrogen) atoms. The van der Waals surface area contributed by atoms with Gasteiger partial charge in [0, 0.05) is 11.1 Å². The van der Waals surface area contributed by atoms with E-state index in [1.807, 2.05) is 22.6 Å². The highest BCUT2D eigenvalue weighted by atomic mass is 127. The summed E-state index contributed by atoms with van der Waals surface area (Å²) in [5, 5.41) is 12.0. The molecule has 2 N–H and O–H groups in total. The molecule has 0 saturated heterocycles. The monoisotopic (exact) mass is 547 g/mol. The van der Waals surface area contributed by atoms with Crippen molar-refractivity contribution in [2.45, 2.75) is 6.61 Å². The van der Waals surface area contributed by atoms with E-state index in [9.17, 15) is 19.1 Å². The molecule has 6 nitrogen and oxygen atoms in total. The van der Waals surface area contributed by atoms with Crippen molar-refractivity contribution in [3.63, 3.8) is 0 Å². The molecule has 3 rings (SSSR count). The van der Waals surface area contributed by atoms with Crippen molar-refractivity contribution in [3.05, 3.63) is 98.5 Å². The molecule has 0 saturated carbocycles. The van der Waals surface area contributed by atoms with E-state index in [0.717, 1.165) is 0 Å². The molecule has 1 amide bonds. The van der Waals surface area contributed by atoms with E-state index in [4.69, 9.17) is 9.47 Å². The number of benzene rings is 3. The summed E-state index contributed by atoms with van der Waals surface area (Å²) in [5.74, 6) is -1.45. The number of carboxylic acid groups (broad SMARTS) is 1. The van der Waals surface area contributed by atoms with Gasteiger partial charge in [-0.15, -0.1) is 0 Å². The Balaban J connectivity index is 1.85. The number of hydrogen-bond acceptors (Lipinski definition) is 4. The first-order valence-electron chi connectivity index (χ1n) is 9.44. The van der Waals surface area contributed by atoms with Crippen LogP contribution in [-0.4, -0.2) is 24.1 Å². The molecule has 0 fully saturated rings. The average molecular weight is 547 g/mol. The second kappa shape index (κ2) is 10.8. The Kier molecular flexibility index (Phi) is 7.82. The summed E-state index contributed by atoms with van der Waals surface area (Å²) in [6.45, 7) is 0.00172. The van der Waals surface area contributed by atoms with Gasteiger partial charge < -0.3 is 19.9 Å². The summed E-state index contributed by atoms with van der Waals surface area (Å²) in [4.78, 5) is 24.0. The smallest absolute Gasteiger partial charge is 0.352 e. The van der Waals surface area contributed by atoms with E-state index in [-0.39, 0.29) is 18.1 Å². The van der Waals surface area contributed by atoms with E-state index >= 15 is 0 Å². The fourth-order valence-corrected chi connectivity index (χ4v) is 3.61. The zero-order valence-corrected chi connectivity index (χ0v) is 19.1. The van der Waals surface area contributed by atoms with Crippen LogP contribution in [0.5, 0.6) is 11.5 Å². The van der Waals surface area contributed by atoms with Crippen LogP contribution in [0.1, 0.15) is 21.5 Å². The molecule has 0 aromatic heterocycles. The lowest BCUT2D eigenvalue weighted by molar-refractivity contribution is -0.132. The number of rotatable bonds is 8. The van der Waals surface area contributed by atoms with Crippen LogP contribution < -0.4 is 14.8 Å². The van der Waals surface area contributed by atoms with Crippen molar-refractivity contribution in [1.82, 2.24) is 5.32 Å². The third-order valence-corrected chi connectivity index (χ3v) is 5.21. The molecule has 0 aliphatic rings. The summed E-state index contributed by atoms with van der Waals surface area (Å²) in [6.07, 6.45) is 1.33. The lowest BCUT2D eigenvalue weighted by Gasteiger charge is -2.14. The molecule has 0 heterocycles. The number of aliphatic carboxylic acids is 1. The van der Waals surface area contributed by atoms with Gasteiger partial charge in [-0.05, 0) is 64.6 Å². The van der Waals surface area contributed by atoms with Crippen molar-refractivity contribution in [3.8, 4) is 11.5 Å². The van der Waals surface area contributed by atoms with Crippen molar-refractivity contribution < 1.29 is 28.6 Å². The highest BCUT2D eigenvalue weighted by Crippen LogP contribution is 2.35. The summed E-state index contributed by atoms with van der Waals surface area (Å²) < 4.78 is 25.7. The van der Waals surface area contributed by atoms with Crippen molar-refractivity contribution in [2.24, 2.45) is 0 Å². The van der Waals surface area contributed by atoms with E-state index < -0.39 is 11.9 Å². The van der Waals surface area contributed by atoms with Crippen LogP contribution in [0.25, 0.3) is 6.08 Å². The third-order valence-electron chi connectivity index (χ3n) is 4.41. The van der Waals surface area contributed by atoms with Gasteiger partial charge in [-0.2, -0.15) is 0 Å². The topological polar surface area (TPSA) is 84.9 Å². The van der Waals surface area contributed by atoms with Crippen LogP contribution in [0.15, 0.2) is 72.4 Å². The predicted octanol–water partition coefficient (Wildman–Crippen LogP) is 4.87. The number of carbonyl (C=O) groups is 2. The number of amides is 1. The molecule has 0 unspecified atom stereocenters. The normalized spacial score (nSPS) is 11.0. The third kappa shape index (κ3) is 5.85. The van der Waals surface area contributed by atoms with Crippen molar-refractivity contribution in [2.75, 3.05) is 7.11 Å². The second-order valence-electron chi connectivity index (χ2n) is 6.60. The maximum absolute atomic E-state index is 13.9. The molecule has 3 aromatic rings. The van der Waals surface area contributed by atoms with Crippen LogP contribution in [0.3, 0.4) is 0 Å². The number of halogens is 2. The zero-order chi connectivity index (χ0) is 23.1. The first-order valence-corrected chi connectivity index (χ1v) is 10.5. The number of ether oxygens (including phenoxy) is 2. The van der Waals surface area contributed by atoms with Gasteiger partial charge in [0.1, 0.15) is 18.1 Å². The zero-order valence-electron chi connectivity index (χ0n) is 17.0. The molecule has 8 heteroatoms. The van der Waals surface area contributed by atoms with Gasteiger partial charge in [-0.1, -0.05) is 36.4 Å². The van der Waals surface area contributed by atoms with Gasteiger partial charge >= 0.3 is 5.97 Å². The summed E-state index contributed by atoms with van der Waals surface area (Å²) >= 11 is 2.02. The average Bonchev–Trinajstić information content (AvgIpc) is 2.79.